The van der Waals surface area contributed by atoms with E-state index in [4.69, 9.17) is 9.47 Å². The standard InChI is InChI=1S/C20H20N2O4S/c1-12(13-6-7-15-16(10-13)26-9-8-25-15)21-19(23)11-18-20(24)22-14-4-2-3-5-17(14)27-18/h2-7,10,12,18H,8-9,11H2,1H3,(H,21,23)(H,22,24)/t12-,18-/m0/s1. The molecule has 0 fully saturated rings. The summed E-state index contributed by atoms with van der Waals surface area (Å²) in [4.78, 5) is 25.7. The summed E-state index contributed by atoms with van der Waals surface area (Å²) in [6.07, 6.45) is 0.125. The number of carbonyl (C=O) groups excluding carboxylic acids is 2. The van der Waals surface area contributed by atoms with Gasteiger partial charge in [0.25, 0.3) is 0 Å². The minimum atomic E-state index is -0.438. The molecular formula is C20H20N2O4S. The maximum absolute atomic E-state index is 12.5. The van der Waals surface area contributed by atoms with Gasteiger partial charge in [-0.3, -0.25) is 9.59 Å². The van der Waals surface area contributed by atoms with Crippen LogP contribution >= 0.6 is 11.8 Å². The quantitative estimate of drug-likeness (QED) is 0.847. The first-order chi connectivity index (χ1) is 13.1. The molecule has 2 N–H and O–H groups in total. The van der Waals surface area contributed by atoms with Gasteiger partial charge in [0.15, 0.2) is 11.5 Å². The van der Waals surface area contributed by atoms with Crippen LogP contribution in [0.25, 0.3) is 0 Å². The van der Waals surface area contributed by atoms with E-state index >= 15 is 0 Å². The highest BCUT2D eigenvalue weighted by Gasteiger charge is 2.29. The molecule has 2 aliphatic rings. The van der Waals surface area contributed by atoms with Crippen molar-refractivity contribution >= 4 is 29.3 Å². The molecular weight excluding hydrogens is 364 g/mol. The fourth-order valence-corrected chi connectivity index (χ4v) is 4.22. The van der Waals surface area contributed by atoms with Gasteiger partial charge in [-0.2, -0.15) is 0 Å². The lowest BCUT2D eigenvalue weighted by atomic mass is 10.1. The molecule has 2 aliphatic heterocycles. The average Bonchev–Trinajstić information content (AvgIpc) is 2.68. The molecule has 0 aromatic heterocycles. The molecule has 0 saturated carbocycles. The van der Waals surface area contributed by atoms with Gasteiger partial charge >= 0.3 is 0 Å². The summed E-state index contributed by atoms with van der Waals surface area (Å²) in [5, 5.41) is 5.39. The molecule has 0 spiro atoms. The third-order valence-corrected chi connectivity index (χ3v) is 5.80. The smallest absolute Gasteiger partial charge is 0.238 e. The number of amides is 2. The SMILES string of the molecule is C[C@H](NC(=O)C[C@@H]1Sc2ccccc2NC1=O)c1ccc2c(c1)OCCO2. The Labute approximate surface area is 161 Å². The number of carbonyl (C=O) groups is 2. The number of benzene rings is 2. The van der Waals surface area contributed by atoms with Crippen LogP contribution in [0.4, 0.5) is 5.69 Å². The molecule has 0 bridgehead atoms. The predicted molar refractivity (Wildman–Crippen MR) is 103 cm³/mol. The van der Waals surface area contributed by atoms with Crippen molar-refractivity contribution in [1.82, 2.24) is 5.32 Å². The minimum Gasteiger partial charge on any atom is -0.486 e. The van der Waals surface area contributed by atoms with Crippen molar-refractivity contribution in [3.8, 4) is 11.5 Å². The highest BCUT2D eigenvalue weighted by molar-refractivity contribution is 8.01. The van der Waals surface area contributed by atoms with Gasteiger partial charge in [0, 0.05) is 11.3 Å². The number of thioether (sulfide) groups is 1. The van der Waals surface area contributed by atoms with Crippen LogP contribution in [0.5, 0.6) is 11.5 Å². The van der Waals surface area contributed by atoms with Gasteiger partial charge in [-0.15, -0.1) is 11.8 Å². The fraction of sp³-hybridized carbons (Fsp3) is 0.300. The number of anilines is 1. The zero-order valence-electron chi connectivity index (χ0n) is 14.9. The zero-order chi connectivity index (χ0) is 18.8. The Kier molecular flexibility index (Phi) is 4.94. The summed E-state index contributed by atoms with van der Waals surface area (Å²) in [5.41, 5.74) is 1.73. The third-order valence-electron chi connectivity index (χ3n) is 4.52. The number of hydrogen-bond acceptors (Lipinski definition) is 5. The maximum atomic E-state index is 12.5. The van der Waals surface area contributed by atoms with E-state index in [1.165, 1.54) is 11.8 Å². The molecule has 2 aromatic rings. The summed E-state index contributed by atoms with van der Waals surface area (Å²) >= 11 is 1.43. The van der Waals surface area contributed by atoms with Crippen LogP contribution in [0.3, 0.4) is 0 Å². The Morgan fingerprint density at radius 1 is 1.22 bits per heavy atom. The van der Waals surface area contributed by atoms with Crippen molar-refractivity contribution < 1.29 is 19.1 Å². The monoisotopic (exact) mass is 384 g/mol. The van der Waals surface area contributed by atoms with Gasteiger partial charge in [0.05, 0.1) is 17.0 Å². The Hall–Kier alpha value is -2.67. The van der Waals surface area contributed by atoms with Gasteiger partial charge in [-0.25, -0.2) is 0 Å². The van der Waals surface area contributed by atoms with Crippen LogP contribution in [0, 0.1) is 0 Å². The van der Waals surface area contributed by atoms with E-state index in [1.807, 2.05) is 49.4 Å². The summed E-state index contributed by atoms with van der Waals surface area (Å²) in [6.45, 7) is 2.97. The van der Waals surface area contributed by atoms with Crippen LogP contribution in [-0.2, 0) is 9.59 Å². The lowest BCUT2D eigenvalue weighted by Crippen LogP contribution is -2.35. The number of nitrogens with one attached hydrogen (secondary N) is 2. The second-order valence-corrected chi connectivity index (χ2v) is 7.73. The molecule has 140 valence electrons. The van der Waals surface area contributed by atoms with E-state index in [2.05, 4.69) is 10.6 Å². The van der Waals surface area contributed by atoms with Crippen LogP contribution in [-0.4, -0.2) is 30.3 Å². The molecule has 0 radical (unpaired) electrons. The molecule has 27 heavy (non-hydrogen) atoms. The molecule has 2 atom stereocenters. The van der Waals surface area contributed by atoms with Crippen molar-refractivity contribution in [1.29, 1.82) is 0 Å². The molecule has 2 amide bonds. The first kappa shape index (κ1) is 17.7. The van der Waals surface area contributed by atoms with Crippen molar-refractivity contribution in [3.05, 3.63) is 48.0 Å². The van der Waals surface area contributed by atoms with Gasteiger partial charge in [0.1, 0.15) is 13.2 Å². The molecule has 2 heterocycles. The third kappa shape index (κ3) is 3.88. The fourth-order valence-electron chi connectivity index (χ4n) is 3.11. The van der Waals surface area contributed by atoms with E-state index in [9.17, 15) is 9.59 Å². The largest absolute Gasteiger partial charge is 0.486 e. The lowest BCUT2D eigenvalue weighted by Gasteiger charge is -2.24. The van der Waals surface area contributed by atoms with Gasteiger partial charge in [-0.05, 0) is 36.8 Å². The van der Waals surface area contributed by atoms with Crippen LogP contribution in [0.15, 0.2) is 47.4 Å². The molecule has 6 nitrogen and oxygen atoms in total. The summed E-state index contributed by atoms with van der Waals surface area (Å²) < 4.78 is 11.1. The van der Waals surface area contributed by atoms with Crippen molar-refractivity contribution in [2.75, 3.05) is 18.5 Å². The van der Waals surface area contributed by atoms with Crippen molar-refractivity contribution in [2.24, 2.45) is 0 Å². The summed E-state index contributed by atoms with van der Waals surface area (Å²) in [5.74, 6) is 1.11. The number of rotatable bonds is 4. The molecule has 4 rings (SSSR count). The molecule has 0 aliphatic carbocycles. The highest BCUT2D eigenvalue weighted by atomic mass is 32.2. The van der Waals surface area contributed by atoms with Gasteiger partial charge in [-0.1, -0.05) is 18.2 Å². The second kappa shape index (κ2) is 7.52. The summed E-state index contributed by atoms with van der Waals surface area (Å²) in [7, 11) is 0. The molecule has 0 saturated heterocycles. The van der Waals surface area contributed by atoms with E-state index in [0.717, 1.165) is 21.9 Å². The topological polar surface area (TPSA) is 76.7 Å². The Bertz CT molecular complexity index is 886. The maximum Gasteiger partial charge on any atom is 0.238 e. The van der Waals surface area contributed by atoms with Crippen LogP contribution in [0.2, 0.25) is 0 Å². The van der Waals surface area contributed by atoms with E-state index in [1.54, 1.807) is 0 Å². The molecule has 2 aromatic carbocycles. The minimum absolute atomic E-state index is 0.125. The predicted octanol–water partition coefficient (Wildman–Crippen LogP) is 3.14. The lowest BCUT2D eigenvalue weighted by molar-refractivity contribution is -0.124. The normalized spacial score (nSPS) is 18.9. The Balaban J connectivity index is 1.38. The number of para-hydroxylation sites is 1. The number of ether oxygens (including phenoxy) is 2. The van der Waals surface area contributed by atoms with E-state index < -0.39 is 5.25 Å². The van der Waals surface area contributed by atoms with Crippen LogP contribution in [0.1, 0.15) is 24.9 Å². The zero-order valence-corrected chi connectivity index (χ0v) is 15.7. The first-order valence-corrected chi connectivity index (χ1v) is 9.73. The Morgan fingerprint density at radius 2 is 2.00 bits per heavy atom. The van der Waals surface area contributed by atoms with Crippen LogP contribution < -0.4 is 20.1 Å². The van der Waals surface area contributed by atoms with Crippen molar-refractivity contribution in [2.45, 2.75) is 29.5 Å². The molecule has 0 unspecified atom stereocenters. The van der Waals surface area contributed by atoms with Crippen molar-refractivity contribution in [3.63, 3.8) is 0 Å². The van der Waals surface area contributed by atoms with Gasteiger partial charge < -0.3 is 20.1 Å². The van der Waals surface area contributed by atoms with E-state index in [-0.39, 0.29) is 24.3 Å². The second-order valence-electron chi connectivity index (χ2n) is 6.49. The number of hydrogen-bond donors (Lipinski definition) is 2. The molecule has 7 heteroatoms. The number of fused-ring (bicyclic) bond motifs is 2. The first-order valence-electron chi connectivity index (χ1n) is 8.85. The Morgan fingerprint density at radius 3 is 2.85 bits per heavy atom. The van der Waals surface area contributed by atoms with Gasteiger partial charge in [0.2, 0.25) is 11.8 Å². The summed E-state index contributed by atoms with van der Waals surface area (Å²) in [6, 6.07) is 13.1. The highest BCUT2D eigenvalue weighted by Crippen LogP contribution is 2.37. The average molecular weight is 384 g/mol. The van der Waals surface area contributed by atoms with E-state index in [0.29, 0.717) is 19.0 Å².